The van der Waals surface area contributed by atoms with E-state index in [0.717, 1.165) is 71.3 Å². The second kappa shape index (κ2) is 8.70. The monoisotopic (exact) mass is 497 g/mol. The number of nitro benzene ring substituents is 1. The minimum absolute atomic E-state index is 0.105. The van der Waals surface area contributed by atoms with E-state index >= 15 is 0 Å². The van der Waals surface area contributed by atoms with Gasteiger partial charge in [0.1, 0.15) is 5.69 Å². The molecule has 0 amide bonds. The van der Waals surface area contributed by atoms with Gasteiger partial charge in [0.25, 0.3) is 5.69 Å². The molecule has 7 heteroatoms. The lowest BCUT2D eigenvalue weighted by Gasteiger charge is -2.40. The zero-order valence-corrected chi connectivity index (χ0v) is 21.6. The van der Waals surface area contributed by atoms with Gasteiger partial charge in [-0.3, -0.25) is 14.9 Å². The smallest absolute Gasteiger partial charge is 0.292 e. The molecule has 2 aliphatic heterocycles. The van der Waals surface area contributed by atoms with E-state index in [1.165, 1.54) is 4.90 Å². The highest BCUT2D eigenvalue weighted by Crippen LogP contribution is 2.52. The third-order valence-corrected chi connectivity index (χ3v) is 8.23. The van der Waals surface area contributed by atoms with Gasteiger partial charge in [-0.15, -0.1) is 0 Å². The third kappa shape index (κ3) is 4.07. The zero-order chi connectivity index (χ0) is 25.9. The molecule has 1 fully saturated rings. The molecule has 6 rings (SSSR count). The molecule has 0 bridgehead atoms. The summed E-state index contributed by atoms with van der Waals surface area (Å²) in [5, 5.41) is 18.1. The molecule has 0 saturated carbocycles. The first-order valence-electron chi connectivity index (χ1n) is 13.1. The molecule has 3 aromatic rings. The van der Waals surface area contributed by atoms with Crippen molar-refractivity contribution in [3.8, 4) is 0 Å². The van der Waals surface area contributed by atoms with Crippen molar-refractivity contribution in [3.05, 3.63) is 81.4 Å². The van der Waals surface area contributed by atoms with Crippen LogP contribution in [0.15, 0.2) is 60.2 Å². The zero-order valence-electron chi connectivity index (χ0n) is 21.6. The number of fused-ring (bicyclic) bond motifs is 4. The Labute approximate surface area is 216 Å². The predicted molar refractivity (Wildman–Crippen MR) is 147 cm³/mol. The second-order valence-electron chi connectivity index (χ2n) is 11.6. The fraction of sp³-hybridized carbons (Fsp3) is 0.367. The van der Waals surface area contributed by atoms with Crippen LogP contribution in [0.4, 0.5) is 17.1 Å². The number of nitrogens with one attached hydrogen (secondary N) is 2. The number of rotatable bonds is 3. The van der Waals surface area contributed by atoms with E-state index in [1.807, 2.05) is 24.3 Å². The molecule has 1 saturated heterocycles. The Morgan fingerprint density at radius 3 is 2.57 bits per heavy atom. The number of carbonyl (C=O) groups is 1. The number of nitrogens with zero attached hydrogens (tertiary/aromatic N) is 2. The molecule has 2 N–H and O–H groups in total. The predicted octanol–water partition coefficient (Wildman–Crippen LogP) is 4.39. The Kier molecular flexibility index (Phi) is 5.57. The highest BCUT2D eigenvalue weighted by atomic mass is 16.6. The molecular weight excluding hydrogens is 464 g/mol. The summed E-state index contributed by atoms with van der Waals surface area (Å²) in [4.78, 5) is 29.2. The Hall–Kier alpha value is -3.71. The van der Waals surface area contributed by atoms with Crippen molar-refractivity contribution >= 4 is 39.2 Å². The summed E-state index contributed by atoms with van der Waals surface area (Å²) in [5.74, 6) is 0.121. The maximum absolute atomic E-state index is 13.7. The van der Waals surface area contributed by atoms with Crippen LogP contribution < -0.4 is 15.1 Å². The van der Waals surface area contributed by atoms with Crippen LogP contribution in [0, 0.1) is 15.5 Å². The number of hydrogen-bond acceptors (Lipinski definition) is 5. The molecule has 2 heterocycles. The molecule has 7 nitrogen and oxygen atoms in total. The van der Waals surface area contributed by atoms with Crippen molar-refractivity contribution in [1.82, 2.24) is 0 Å². The van der Waals surface area contributed by atoms with E-state index in [9.17, 15) is 14.9 Å². The first-order chi connectivity index (χ1) is 17.7. The molecular formula is C30H33N4O3+. The molecule has 0 spiro atoms. The van der Waals surface area contributed by atoms with Crippen LogP contribution in [0.1, 0.15) is 43.9 Å². The van der Waals surface area contributed by atoms with Gasteiger partial charge in [0.05, 0.1) is 44.2 Å². The lowest BCUT2D eigenvalue weighted by atomic mass is 9.68. The van der Waals surface area contributed by atoms with Crippen molar-refractivity contribution in [3.63, 3.8) is 0 Å². The number of likely N-dealkylation sites (N-methyl/N-ethyl adjacent to an activating group) is 1. The summed E-state index contributed by atoms with van der Waals surface area (Å²) in [6, 6.07) is 17.6. The molecule has 3 aromatic carbocycles. The highest BCUT2D eigenvalue weighted by molar-refractivity contribution is 6.12. The van der Waals surface area contributed by atoms with Crippen molar-refractivity contribution in [2.24, 2.45) is 5.41 Å². The largest absolute Gasteiger partial charge is 0.373 e. The number of hydrogen-bond donors (Lipinski definition) is 2. The Morgan fingerprint density at radius 1 is 1.05 bits per heavy atom. The number of piperazine rings is 1. The van der Waals surface area contributed by atoms with Gasteiger partial charge in [-0.25, -0.2) is 0 Å². The van der Waals surface area contributed by atoms with Gasteiger partial charge in [0, 0.05) is 29.3 Å². The minimum atomic E-state index is -0.419. The van der Waals surface area contributed by atoms with Crippen molar-refractivity contribution in [1.29, 1.82) is 0 Å². The van der Waals surface area contributed by atoms with Gasteiger partial charge < -0.3 is 15.1 Å². The molecule has 3 aliphatic rings. The van der Waals surface area contributed by atoms with Crippen LogP contribution in [0.3, 0.4) is 0 Å². The fourth-order valence-electron chi connectivity index (χ4n) is 6.35. The van der Waals surface area contributed by atoms with E-state index in [-0.39, 0.29) is 21.8 Å². The number of benzene rings is 3. The van der Waals surface area contributed by atoms with Gasteiger partial charge in [-0.1, -0.05) is 50.2 Å². The Balaban J connectivity index is 1.50. The normalized spacial score (nSPS) is 21.4. The molecule has 0 unspecified atom stereocenters. The summed E-state index contributed by atoms with van der Waals surface area (Å²) in [6.45, 7) is 7.78. The molecule has 37 heavy (non-hydrogen) atoms. The molecule has 0 radical (unpaired) electrons. The van der Waals surface area contributed by atoms with Crippen LogP contribution in [0.5, 0.6) is 0 Å². The fourth-order valence-corrected chi connectivity index (χ4v) is 6.35. The number of ketones is 1. The van der Waals surface area contributed by atoms with Gasteiger partial charge in [0.15, 0.2) is 5.78 Å². The van der Waals surface area contributed by atoms with Gasteiger partial charge in [-0.05, 0) is 45.9 Å². The number of quaternary nitrogens is 1. The average Bonchev–Trinajstić information content (AvgIpc) is 2.87. The number of nitro groups is 1. The number of allylic oxidation sites excluding steroid dienone is 1. The Bertz CT molecular complexity index is 1470. The van der Waals surface area contributed by atoms with Crippen LogP contribution in [-0.4, -0.2) is 43.9 Å². The van der Waals surface area contributed by atoms with E-state index < -0.39 is 6.04 Å². The number of anilines is 2. The first-order valence-corrected chi connectivity index (χ1v) is 13.1. The van der Waals surface area contributed by atoms with E-state index in [2.05, 4.69) is 55.4 Å². The number of carbonyl (C=O) groups excluding carboxylic acids is 1. The van der Waals surface area contributed by atoms with Crippen molar-refractivity contribution in [2.45, 2.75) is 32.7 Å². The third-order valence-electron chi connectivity index (χ3n) is 8.23. The molecule has 1 aliphatic carbocycles. The topological polar surface area (TPSA) is 79.9 Å². The lowest BCUT2D eigenvalue weighted by molar-refractivity contribution is -0.880. The van der Waals surface area contributed by atoms with Crippen LogP contribution in [0.2, 0.25) is 0 Å². The van der Waals surface area contributed by atoms with E-state index in [1.54, 1.807) is 6.07 Å². The van der Waals surface area contributed by atoms with E-state index in [4.69, 9.17) is 0 Å². The highest BCUT2D eigenvalue weighted by Gasteiger charge is 2.41. The van der Waals surface area contributed by atoms with E-state index in [0.29, 0.717) is 12.1 Å². The molecule has 0 aromatic heterocycles. The van der Waals surface area contributed by atoms with Crippen molar-refractivity contribution < 1.29 is 14.6 Å². The summed E-state index contributed by atoms with van der Waals surface area (Å²) in [5.41, 5.74) is 5.28. The second-order valence-corrected chi connectivity index (χ2v) is 11.6. The quantitative estimate of drug-likeness (QED) is 0.414. The van der Waals surface area contributed by atoms with Crippen LogP contribution in [0.25, 0.3) is 16.3 Å². The maximum Gasteiger partial charge on any atom is 0.292 e. The standard InChI is InChI=1S/C30H32N4O3/c1-30(2)17-22-27-21-7-5-4-6-19(21)8-10-23(27)31-29(28(22)26(35)18-30)20-9-11-24(25(16-20)34(36)37)33-14-12-32(3)13-15-33/h4-11,16,29,31H,12-15,17-18H2,1-3H3/p+1/t29-/m1/s1. The van der Waals surface area contributed by atoms with Gasteiger partial charge >= 0.3 is 0 Å². The maximum atomic E-state index is 13.7. The number of Topliss-reactive ketones (excluding diaryl/α,β-unsaturated/α-hetero) is 1. The molecule has 1 atom stereocenters. The lowest BCUT2D eigenvalue weighted by Crippen LogP contribution is -3.12. The van der Waals surface area contributed by atoms with Crippen LogP contribution in [-0.2, 0) is 4.79 Å². The Morgan fingerprint density at radius 2 is 1.81 bits per heavy atom. The van der Waals surface area contributed by atoms with Crippen LogP contribution >= 0.6 is 0 Å². The van der Waals surface area contributed by atoms with Crippen molar-refractivity contribution in [2.75, 3.05) is 43.4 Å². The molecule has 190 valence electrons. The first kappa shape index (κ1) is 23.7. The average molecular weight is 498 g/mol. The summed E-state index contributed by atoms with van der Waals surface area (Å²) in [7, 11) is 2.15. The summed E-state index contributed by atoms with van der Waals surface area (Å²) in [6.07, 6.45) is 1.25. The SMILES string of the molecule is C[NH+]1CCN(c2ccc([C@H]3Nc4ccc5ccccc5c4C4=C3C(=O)CC(C)(C)C4)cc2[N+](=O)[O-])CC1. The summed E-state index contributed by atoms with van der Waals surface area (Å²) < 4.78 is 0. The summed E-state index contributed by atoms with van der Waals surface area (Å²) >= 11 is 0. The minimum Gasteiger partial charge on any atom is -0.373 e. The van der Waals surface area contributed by atoms with Gasteiger partial charge in [0.2, 0.25) is 0 Å². The van der Waals surface area contributed by atoms with Gasteiger partial charge in [-0.2, -0.15) is 0 Å².